The molecule has 0 aliphatic carbocycles. The quantitative estimate of drug-likeness (QED) is 0.547. The summed E-state index contributed by atoms with van der Waals surface area (Å²) in [7, 11) is 1.27. The second-order valence-corrected chi connectivity index (χ2v) is 4.70. The molecule has 1 aromatic rings. The summed E-state index contributed by atoms with van der Waals surface area (Å²) in [5.41, 5.74) is 2.58. The summed E-state index contributed by atoms with van der Waals surface area (Å²) in [5.74, 6) is 0.984. The lowest BCUT2D eigenvalue weighted by molar-refractivity contribution is 0.317. The Balaban J connectivity index is 2.56. The van der Waals surface area contributed by atoms with E-state index in [-0.39, 0.29) is 0 Å². The van der Waals surface area contributed by atoms with Crippen LogP contribution in [-0.2, 0) is 0 Å². The van der Waals surface area contributed by atoms with E-state index >= 15 is 0 Å². The number of ether oxygens (including phenoxy) is 1. The summed E-state index contributed by atoms with van der Waals surface area (Å²) in [5, 5.41) is 0. The van der Waals surface area contributed by atoms with Crippen molar-refractivity contribution in [2.24, 2.45) is 0 Å². The minimum atomic E-state index is 0.853. The average molecular weight is 220 g/mol. The molecule has 0 unspecified atom stereocenters. The van der Waals surface area contributed by atoms with E-state index in [4.69, 9.17) is 4.74 Å². The van der Waals surface area contributed by atoms with Gasteiger partial charge in [0, 0.05) is 10.2 Å². The first-order chi connectivity index (χ1) is 7.27. The Kier molecular flexibility index (Phi) is 5.19. The highest BCUT2D eigenvalue weighted by Gasteiger charge is 1.96. The van der Waals surface area contributed by atoms with Gasteiger partial charge in [-0.25, -0.2) is 0 Å². The molecule has 0 bridgehead atoms. The first-order valence-corrected chi connectivity index (χ1v) is 7.05. The second kappa shape index (κ2) is 6.46. The first-order valence-electron chi connectivity index (χ1n) is 5.64. The Bertz CT molecular complexity index is 314. The molecular formula is C13H20OSi. The lowest BCUT2D eigenvalue weighted by Crippen LogP contribution is -1.96. The Labute approximate surface area is 95.6 Å². The maximum Gasteiger partial charge on any atom is 0.119 e. The highest BCUT2D eigenvalue weighted by molar-refractivity contribution is 6.08. The third kappa shape index (κ3) is 3.92. The van der Waals surface area contributed by atoms with Crippen LogP contribution in [0.3, 0.4) is 0 Å². The van der Waals surface area contributed by atoms with Gasteiger partial charge in [0.05, 0.1) is 6.61 Å². The number of hydrogen-bond acceptors (Lipinski definition) is 1. The number of hydrogen-bond donors (Lipinski definition) is 0. The molecule has 0 heterocycles. The predicted octanol–water partition coefficient (Wildman–Crippen LogP) is 2.66. The molecule has 0 N–H and O–H groups in total. The van der Waals surface area contributed by atoms with Gasteiger partial charge in [-0.15, -0.1) is 0 Å². The Morgan fingerprint density at radius 2 is 2.00 bits per heavy atom. The standard InChI is InChI=1S/C13H20OSi/c1-3-11(2)12-5-7-13(8-6-12)14-9-4-10-15/h3,5-8H,4,9-10H2,1-2,15H3/b11-3+. The van der Waals surface area contributed by atoms with Crippen LogP contribution in [0.5, 0.6) is 5.75 Å². The summed E-state index contributed by atoms with van der Waals surface area (Å²) < 4.78 is 5.62. The molecule has 2 heteroatoms. The zero-order valence-electron chi connectivity index (χ0n) is 9.92. The van der Waals surface area contributed by atoms with Crippen LogP contribution in [0.25, 0.3) is 5.57 Å². The third-order valence-electron chi connectivity index (χ3n) is 2.51. The van der Waals surface area contributed by atoms with Crippen molar-refractivity contribution >= 4 is 15.8 Å². The van der Waals surface area contributed by atoms with Crippen LogP contribution in [-0.4, -0.2) is 16.8 Å². The van der Waals surface area contributed by atoms with Gasteiger partial charge >= 0.3 is 0 Å². The first kappa shape index (κ1) is 12.0. The van der Waals surface area contributed by atoms with Gasteiger partial charge < -0.3 is 4.74 Å². The maximum absolute atomic E-state index is 5.62. The fourth-order valence-corrected chi connectivity index (χ4v) is 1.60. The highest BCUT2D eigenvalue weighted by Crippen LogP contribution is 2.18. The number of benzene rings is 1. The van der Waals surface area contributed by atoms with Gasteiger partial charge in [0.2, 0.25) is 0 Å². The third-order valence-corrected chi connectivity index (χ3v) is 3.22. The molecular weight excluding hydrogens is 200 g/mol. The summed E-state index contributed by atoms with van der Waals surface area (Å²) in [6.45, 7) is 5.04. The van der Waals surface area contributed by atoms with E-state index in [1.54, 1.807) is 0 Å². The fourth-order valence-electron chi connectivity index (χ4n) is 1.32. The minimum Gasteiger partial charge on any atom is -0.494 e. The van der Waals surface area contributed by atoms with Gasteiger partial charge in [0.1, 0.15) is 5.75 Å². The molecule has 15 heavy (non-hydrogen) atoms. The van der Waals surface area contributed by atoms with Crippen LogP contribution in [0, 0.1) is 0 Å². The Morgan fingerprint density at radius 1 is 1.33 bits per heavy atom. The molecule has 0 amide bonds. The molecule has 0 fully saturated rings. The van der Waals surface area contributed by atoms with E-state index in [0.29, 0.717) is 0 Å². The normalized spacial score (nSPS) is 11.7. The van der Waals surface area contributed by atoms with Crippen molar-refractivity contribution in [2.45, 2.75) is 26.3 Å². The van der Waals surface area contributed by atoms with Crippen molar-refractivity contribution in [1.29, 1.82) is 0 Å². The Morgan fingerprint density at radius 3 is 2.53 bits per heavy atom. The van der Waals surface area contributed by atoms with Gasteiger partial charge in [-0.2, -0.15) is 0 Å². The van der Waals surface area contributed by atoms with Crippen molar-refractivity contribution in [1.82, 2.24) is 0 Å². The molecule has 0 saturated carbocycles. The average Bonchev–Trinajstić information content (AvgIpc) is 2.29. The summed E-state index contributed by atoms with van der Waals surface area (Å²) in [4.78, 5) is 0. The fraction of sp³-hybridized carbons (Fsp3) is 0.385. The molecule has 1 rings (SSSR count). The smallest absolute Gasteiger partial charge is 0.119 e. The van der Waals surface area contributed by atoms with E-state index in [9.17, 15) is 0 Å². The van der Waals surface area contributed by atoms with E-state index in [1.807, 2.05) is 0 Å². The molecule has 1 nitrogen and oxygen atoms in total. The van der Waals surface area contributed by atoms with Crippen LogP contribution in [0.15, 0.2) is 30.3 Å². The van der Waals surface area contributed by atoms with Gasteiger partial charge in [-0.05, 0) is 43.5 Å². The van der Waals surface area contributed by atoms with Gasteiger partial charge in [0.25, 0.3) is 0 Å². The van der Waals surface area contributed by atoms with Crippen molar-refractivity contribution in [3.63, 3.8) is 0 Å². The monoisotopic (exact) mass is 220 g/mol. The predicted molar refractivity (Wildman–Crippen MR) is 70.6 cm³/mol. The second-order valence-electron chi connectivity index (χ2n) is 3.70. The van der Waals surface area contributed by atoms with Gasteiger partial charge in [0.15, 0.2) is 0 Å². The zero-order chi connectivity index (χ0) is 11.1. The van der Waals surface area contributed by atoms with E-state index in [0.717, 1.165) is 12.4 Å². The summed E-state index contributed by atoms with van der Waals surface area (Å²) in [6, 6.07) is 9.65. The molecule has 0 atom stereocenters. The van der Waals surface area contributed by atoms with Crippen LogP contribution >= 0.6 is 0 Å². The van der Waals surface area contributed by atoms with Crippen LogP contribution in [0.4, 0.5) is 0 Å². The topological polar surface area (TPSA) is 9.23 Å². The molecule has 0 spiro atoms. The molecule has 0 aromatic heterocycles. The van der Waals surface area contributed by atoms with Crippen LogP contribution in [0.1, 0.15) is 25.8 Å². The lowest BCUT2D eigenvalue weighted by atomic mass is 10.1. The van der Waals surface area contributed by atoms with E-state index in [1.165, 1.54) is 33.8 Å². The zero-order valence-corrected chi connectivity index (χ0v) is 11.9. The number of allylic oxidation sites excluding steroid dienone is 2. The lowest BCUT2D eigenvalue weighted by Gasteiger charge is -2.06. The summed E-state index contributed by atoms with van der Waals surface area (Å²) in [6.07, 6.45) is 3.30. The molecule has 0 aliphatic heterocycles. The van der Waals surface area contributed by atoms with E-state index in [2.05, 4.69) is 44.2 Å². The highest BCUT2D eigenvalue weighted by atomic mass is 28.1. The summed E-state index contributed by atoms with van der Waals surface area (Å²) >= 11 is 0. The number of rotatable bonds is 5. The largest absolute Gasteiger partial charge is 0.494 e. The van der Waals surface area contributed by atoms with Crippen LogP contribution in [0.2, 0.25) is 6.04 Å². The van der Waals surface area contributed by atoms with Crippen molar-refractivity contribution in [3.05, 3.63) is 35.9 Å². The SMILES string of the molecule is C/C=C(\C)c1ccc(OCCC[SiH3])cc1. The molecule has 82 valence electrons. The molecule has 0 saturated heterocycles. The molecule has 0 aliphatic rings. The van der Waals surface area contributed by atoms with Crippen molar-refractivity contribution < 1.29 is 4.74 Å². The molecule has 0 radical (unpaired) electrons. The van der Waals surface area contributed by atoms with Crippen molar-refractivity contribution in [3.8, 4) is 5.75 Å². The molecule has 1 aromatic carbocycles. The van der Waals surface area contributed by atoms with Crippen LogP contribution < -0.4 is 4.74 Å². The minimum absolute atomic E-state index is 0.853. The Hall–Kier alpha value is -1.02. The van der Waals surface area contributed by atoms with Crippen molar-refractivity contribution in [2.75, 3.05) is 6.61 Å². The van der Waals surface area contributed by atoms with Gasteiger partial charge in [-0.3, -0.25) is 0 Å². The maximum atomic E-state index is 5.62. The van der Waals surface area contributed by atoms with E-state index < -0.39 is 0 Å². The van der Waals surface area contributed by atoms with Gasteiger partial charge in [-0.1, -0.05) is 24.3 Å².